The number of nitrogens with zero attached hydrogens (tertiary/aromatic N) is 2. The SMILES string of the molecule is Nc1ncc(-c2cc[nH+]cc2Cl)c(NC2CCCC2)n1. The average Bonchev–Trinajstić information content (AvgIpc) is 2.93. The summed E-state index contributed by atoms with van der Waals surface area (Å²) in [5.74, 6) is 1.03. The van der Waals surface area contributed by atoms with Crippen molar-refractivity contribution >= 4 is 23.4 Å². The van der Waals surface area contributed by atoms with Gasteiger partial charge in [0.05, 0.1) is 0 Å². The smallest absolute Gasteiger partial charge is 0.221 e. The van der Waals surface area contributed by atoms with Crippen molar-refractivity contribution in [2.75, 3.05) is 11.1 Å². The zero-order valence-corrected chi connectivity index (χ0v) is 11.8. The quantitative estimate of drug-likeness (QED) is 0.910. The van der Waals surface area contributed by atoms with Gasteiger partial charge in [-0.1, -0.05) is 24.4 Å². The van der Waals surface area contributed by atoms with E-state index in [1.54, 1.807) is 12.4 Å². The zero-order valence-electron chi connectivity index (χ0n) is 11.1. The summed E-state index contributed by atoms with van der Waals surface area (Å²) in [6.07, 6.45) is 10.1. The first-order chi connectivity index (χ1) is 9.74. The van der Waals surface area contributed by atoms with Crippen molar-refractivity contribution in [3.05, 3.63) is 29.7 Å². The van der Waals surface area contributed by atoms with Crippen molar-refractivity contribution in [2.45, 2.75) is 31.7 Å². The van der Waals surface area contributed by atoms with Crippen LogP contribution in [-0.4, -0.2) is 16.0 Å². The van der Waals surface area contributed by atoms with Gasteiger partial charge in [-0.2, -0.15) is 4.98 Å². The summed E-state index contributed by atoms with van der Waals surface area (Å²) < 4.78 is 0. The van der Waals surface area contributed by atoms with Crippen molar-refractivity contribution in [3.63, 3.8) is 0 Å². The molecule has 2 aromatic heterocycles. The number of halogens is 1. The van der Waals surface area contributed by atoms with Gasteiger partial charge in [0, 0.05) is 29.4 Å². The maximum absolute atomic E-state index is 6.24. The third-order valence-electron chi connectivity index (χ3n) is 3.61. The van der Waals surface area contributed by atoms with Gasteiger partial charge in [0.25, 0.3) is 0 Å². The number of aromatic nitrogens is 3. The van der Waals surface area contributed by atoms with Gasteiger partial charge in [0.1, 0.15) is 10.8 Å². The zero-order chi connectivity index (χ0) is 13.9. The molecule has 0 bridgehead atoms. The van der Waals surface area contributed by atoms with E-state index < -0.39 is 0 Å². The normalized spacial score (nSPS) is 15.4. The Balaban J connectivity index is 1.99. The molecule has 3 rings (SSSR count). The van der Waals surface area contributed by atoms with Crippen LogP contribution in [-0.2, 0) is 0 Å². The second-order valence-electron chi connectivity index (χ2n) is 5.02. The lowest BCUT2D eigenvalue weighted by molar-refractivity contribution is -0.377. The third kappa shape index (κ3) is 2.67. The molecule has 104 valence electrons. The van der Waals surface area contributed by atoms with Gasteiger partial charge in [0.15, 0.2) is 12.4 Å². The van der Waals surface area contributed by atoms with E-state index in [9.17, 15) is 0 Å². The lowest BCUT2D eigenvalue weighted by Crippen LogP contribution is -2.17. The molecule has 0 radical (unpaired) electrons. The fourth-order valence-corrected chi connectivity index (χ4v) is 2.82. The summed E-state index contributed by atoms with van der Waals surface area (Å²) in [6.45, 7) is 0. The van der Waals surface area contributed by atoms with Crippen LogP contribution < -0.4 is 16.0 Å². The van der Waals surface area contributed by atoms with Gasteiger partial charge >= 0.3 is 0 Å². The molecule has 0 saturated heterocycles. The maximum Gasteiger partial charge on any atom is 0.221 e. The first-order valence-corrected chi connectivity index (χ1v) is 7.17. The molecule has 0 unspecified atom stereocenters. The highest BCUT2D eigenvalue weighted by molar-refractivity contribution is 6.33. The molecule has 2 heterocycles. The third-order valence-corrected chi connectivity index (χ3v) is 3.92. The van der Waals surface area contributed by atoms with E-state index in [0.29, 0.717) is 11.1 Å². The number of nitrogens with one attached hydrogen (secondary N) is 2. The molecule has 2 aromatic rings. The predicted octanol–water partition coefficient (Wildman–Crippen LogP) is 2.55. The molecule has 0 aromatic carbocycles. The standard InChI is InChI=1S/C14H16ClN5/c15-12-8-17-6-5-10(12)11-7-18-14(16)20-13(11)19-9-3-1-2-4-9/h5-9H,1-4H2,(H3,16,18,19,20)/p+1. The summed E-state index contributed by atoms with van der Waals surface area (Å²) in [5.41, 5.74) is 7.49. The molecular weight excluding hydrogens is 274 g/mol. The van der Waals surface area contributed by atoms with Crippen LogP contribution in [0.2, 0.25) is 5.02 Å². The molecule has 4 N–H and O–H groups in total. The maximum atomic E-state index is 6.24. The van der Waals surface area contributed by atoms with Crippen molar-refractivity contribution < 1.29 is 4.98 Å². The molecule has 1 fully saturated rings. The van der Waals surface area contributed by atoms with E-state index >= 15 is 0 Å². The number of rotatable bonds is 3. The largest absolute Gasteiger partial charge is 0.368 e. The van der Waals surface area contributed by atoms with E-state index in [4.69, 9.17) is 17.3 Å². The minimum absolute atomic E-state index is 0.271. The van der Waals surface area contributed by atoms with Crippen LogP contribution in [0.5, 0.6) is 0 Å². The number of aromatic amines is 1. The van der Waals surface area contributed by atoms with Gasteiger partial charge in [-0.05, 0) is 12.8 Å². The van der Waals surface area contributed by atoms with Gasteiger partial charge in [-0.25, -0.2) is 9.97 Å². The molecule has 1 aliphatic carbocycles. The van der Waals surface area contributed by atoms with E-state index in [0.717, 1.165) is 16.9 Å². The fraction of sp³-hybridized carbons (Fsp3) is 0.357. The lowest BCUT2D eigenvalue weighted by atomic mass is 10.1. The fourth-order valence-electron chi connectivity index (χ4n) is 2.59. The van der Waals surface area contributed by atoms with E-state index in [2.05, 4.69) is 20.3 Å². The van der Waals surface area contributed by atoms with Gasteiger partial charge in [0.2, 0.25) is 5.95 Å². The minimum atomic E-state index is 0.271. The topological polar surface area (TPSA) is 78.0 Å². The van der Waals surface area contributed by atoms with Gasteiger partial charge in [-0.15, -0.1) is 0 Å². The summed E-state index contributed by atoms with van der Waals surface area (Å²) >= 11 is 6.24. The number of anilines is 2. The Labute approximate surface area is 122 Å². The summed E-state index contributed by atoms with van der Waals surface area (Å²) in [4.78, 5) is 11.4. The molecular formula is C14H17ClN5+. The number of hydrogen-bond donors (Lipinski definition) is 2. The van der Waals surface area contributed by atoms with E-state index in [1.165, 1.54) is 25.7 Å². The highest BCUT2D eigenvalue weighted by atomic mass is 35.5. The Hall–Kier alpha value is -1.88. The second-order valence-corrected chi connectivity index (χ2v) is 5.43. The Morgan fingerprint density at radius 1 is 1.30 bits per heavy atom. The summed E-state index contributed by atoms with van der Waals surface area (Å²) in [7, 11) is 0. The highest BCUT2D eigenvalue weighted by Crippen LogP contribution is 2.32. The van der Waals surface area contributed by atoms with Crippen LogP contribution in [0.4, 0.5) is 11.8 Å². The molecule has 1 aliphatic rings. The van der Waals surface area contributed by atoms with Crippen LogP contribution in [0.1, 0.15) is 25.7 Å². The number of nitrogen functional groups attached to an aromatic ring is 1. The highest BCUT2D eigenvalue weighted by Gasteiger charge is 2.19. The minimum Gasteiger partial charge on any atom is -0.368 e. The number of H-pyrrole nitrogens is 1. The molecule has 20 heavy (non-hydrogen) atoms. The molecule has 5 nitrogen and oxygen atoms in total. The average molecular weight is 291 g/mol. The van der Waals surface area contributed by atoms with Crippen LogP contribution in [0, 0.1) is 0 Å². The second kappa shape index (κ2) is 5.63. The van der Waals surface area contributed by atoms with Crippen LogP contribution in [0.3, 0.4) is 0 Å². The Morgan fingerprint density at radius 3 is 2.85 bits per heavy atom. The monoisotopic (exact) mass is 290 g/mol. The van der Waals surface area contributed by atoms with Crippen LogP contribution in [0.15, 0.2) is 24.7 Å². The summed E-state index contributed by atoms with van der Waals surface area (Å²) in [6, 6.07) is 2.37. The van der Waals surface area contributed by atoms with Crippen molar-refractivity contribution in [2.24, 2.45) is 0 Å². The van der Waals surface area contributed by atoms with Crippen molar-refractivity contribution in [3.8, 4) is 11.1 Å². The van der Waals surface area contributed by atoms with E-state index in [-0.39, 0.29) is 5.95 Å². The first-order valence-electron chi connectivity index (χ1n) is 6.79. The number of nitrogens with two attached hydrogens (primary N) is 1. The molecule has 0 atom stereocenters. The Kier molecular flexibility index (Phi) is 3.69. The number of hydrogen-bond acceptors (Lipinski definition) is 4. The van der Waals surface area contributed by atoms with E-state index in [1.807, 2.05) is 12.3 Å². The Bertz CT molecular complexity index is 610. The number of pyridine rings is 1. The molecule has 0 amide bonds. The van der Waals surface area contributed by atoms with Crippen LogP contribution >= 0.6 is 11.6 Å². The predicted molar refractivity (Wildman–Crippen MR) is 79.3 cm³/mol. The molecule has 0 aliphatic heterocycles. The Morgan fingerprint density at radius 2 is 2.10 bits per heavy atom. The molecule has 6 heteroatoms. The molecule has 1 saturated carbocycles. The van der Waals surface area contributed by atoms with Gasteiger partial charge < -0.3 is 11.1 Å². The lowest BCUT2D eigenvalue weighted by Gasteiger charge is -2.16. The van der Waals surface area contributed by atoms with Gasteiger partial charge in [-0.3, -0.25) is 0 Å². The van der Waals surface area contributed by atoms with Crippen molar-refractivity contribution in [1.29, 1.82) is 0 Å². The van der Waals surface area contributed by atoms with Crippen molar-refractivity contribution in [1.82, 2.24) is 9.97 Å². The summed E-state index contributed by atoms with van der Waals surface area (Å²) in [5, 5.41) is 4.11. The van der Waals surface area contributed by atoms with Crippen LogP contribution in [0.25, 0.3) is 11.1 Å². The first kappa shape index (κ1) is 13.1. The molecule has 0 spiro atoms.